The van der Waals surface area contributed by atoms with Crippen LogP contribution in [0, 0.1) is 17.3 Å². The second kappa shape index (κ2) is 21.3. The molecule has 6 nitrogen and oxygen atoms in total. The molecular weight excluding hydrogens is 462 g/mol. The van der Waals surface area contributed by atoms with E-state index in [2.05, 4.69) is 9.73 Å². The summed E-state index contributed by atoms with van der Waals surface area (Å²) in [5.41, 5.74) is 0.223. The van der Waals surface area contributed by atoms with Gasteiger partial charge in [-0.25, -0.2) is 0 Å². The topological polar surface area (TPSA) is 93.0 Å². The maximum absolute atomic E-state index is 12.6. The third-order valence-corrected chi connectivity index (χ3v) is 6.09. The molecule has 0 aromatic rings. The minimum Gasteiger partial charge on any atom is -0.468 e. The van der Waals surface area contributed by atoms with Gasteiger partial charge in [-0.3, -0.25) is 19.4 Å². The van der Waals surface area contributed by atoms with Crippen molar-refractivity contribution in [2.45, 2.75) is 86.7 Å². The van der Waals surface area contributed by atoms with E-state index in [9.17, 15) is 19.5 Å². The third kappa shape index (κ3) is 16.3. The predicted molar refractivity (Wildman–Crippen MR) is 149 cm³/mol. The number of carbonyl (C=O) groups excluding carboxylic acids is 3. The average molecular weight is 510 g/mol. The number of aliphatic hydroxyl groups is 1. The fraction of sp³-hybridized carbons (Fsp3) is 0.643. The van der Waals surface area contributed by atoms with Gasteiger partial charge in [0.2, 0.25) is 0 Å². The van der Waals surface area contributed by atoms with E-state index in [1.54, 1.807) is 31.8 Å². The number of hydrogen-bond acceptors (Lipinski definition) is 7. The van der Waals surface area contributed by atoms with Gasteiger partial charge in [0.25, 0.3) is 6.47 Å². The SMILES string of the molecule is CC=NC(/C=C\C)=C\SC.CCC(O)C(C)(C)C(=O)C(C)CC(C)C(=O)CC/C=C\CCOC=O. The van der Waals surface area contributed by atoms with E-state index >= 15 is 0 Å². The van der Waals surface area contributed by atoms with Crippen molar-refractivity contribution in [2.75, 3.05) is 12.9 Å². The van der Waals surface area contributed by atoms with E-state index in [1.807, 2.05) is 70.6 Å². The molecule has 0 aromatic carbocycles. The van der Waals surface area contributed by atoms with Crippen molar-refractivity contribution < 1.29 is 24.2 Å². The lowest BCUT2D eigenvalue weighted by atomic mass is 9.74. The molecule has 0 aromatic heterocycles. The molecule has 1 N–H and O–H groups in total. The van der Waals surface area contributed by atoms with Gasteiger partial charge in [-0.1, -0.05) is 52.8 Å². The lowest BCUT2D eigenvalue weighted by molar-refractivity contribution is -0.137. The second-order valence-corrected chi connectivity index (χ2v) is 9.65. The molecule has 0 bridgehead atoms. The highest BCUT2D eigenvalue weighted by Gasteiger charge is 2.37. The molecule has 0 rings (SSSR count). The molecule has 0 saturated heterocycles. The van der Waals surface area contributed by atoms with Crippen LogP contribution >= 0.6 is 11.8 Å². The van der Waals surface area contributed by atoms with Gasteiger partial charge in [-0.2, -0.15) is 0 Å². The molecule has 0 aliphatic carbocycles. The zero-order valence-corrected chi connectivity index (χ0v) is 23.8. The Morgan fingerprint density at radius 3 is 2.26 bits per heavy atom. The number of ether oxygens (including phenoxy) is 1. The summed E-state index contributed by atoms with van der Waals surface area (Å²) in [6.07, 6.45) is 13.7. The summed E-state index contributed by atoms with van der Waals surface area (Å²) in [7, 11) is 0. The van der Waals surface area contributed by atoms with Gasteiger partial charge in [0, 0.05) is 29.9 Å². The molecule has 3 unspecified atom stereocenters. The molecule has 0 radical (unpaired) electrons. The first-order valence-corrected chi connectivity index (χ1v) is 13.6. The number of rotatable bonds is 17. The molecule has 35 heavy (non-hydrogen) atoms. The molecule has 0 heterocycles. The fourth-order valence-electron chi connectivity index (χ4n) is 3.52. The number of thioether (sulfide) groups is 1. The highest BCUT2D eigenvalue weighted by molar-refractivity contribution is 8.01. The Kier molecular flexibility index (Phi) is 21.4. The highest BCUT2D eigenvalue weighted by Crippen LogP contribution is 2.30. The summed E-state index contributed by atoms with van der Waals surface area (Å²) in [5, 5.41) is 12.1. The predicted octanol–water partition coefficient (Wildman–Crippen LogP) is 6.34. The van der Waals surface area contributed by atoms with Gasteiger partial charge < -0.3 is 9.84 Å². The van der Waals surface area contributed by atoms with Crippen LogP contribution in [0.1, 0.15) is 80.6 Å². The Hall–Kier alpha value is -1.99. The first-order valence-electron chi connectivity index (χ1n) is 12.3. The second-order valence-electron chi connectivity index (χ2n) is 8.95. The molecule has 7 heteroatoms. The van der Waals surface area contributed by atoms with Gasteiger partial charge in [-0.15, -0.1) is 11.8 Å². The number of nitrogens with zero attached hydrogens (tertiary/aromatic N) is 1. The summed E-state index contributed by atoms with van der Waals surface area (Å²) in [6.45, 7) is 13.8. The van der Waals surface area contributed by atoms with E-state index in [1.165, 1.54) is 0 Å². The number of carbonyl (C=O) groups is 3. The van der Waals surface area contributed by atoms with Crippen LogP contribution in [0.5, 0.6) is 0 Å². The van der Waals surface area contributed by atoms with Crippen molar-refractivity contribution in [3.63, 3.8) is 0 Å². The number of allylic oxidation sites excluding steroid dienone is 3. The lowest BCUT2D eigenvalue weighted by Crippen LogP contribution is -2.40. The Bertz CT molecular complexity index is 711. The maximum atomic E-state index is 12.6. The molecule has 0 saturated carbocycles. The molecule has 200 valence electrons. The number of hydrogen-bond donors (Lipinski definition) is 1. The molecule has 3 atom stereocenters. The summed E-state index contributed by atoms with van der Waals surface area (Å²) < 4.78 is 4.57. The van der Waals surface area contributed by atoms with Crippen LogP contribution in [0.2, 0.25) is 0 Å². The van der Waals surface area contributed by atoms with Crippen LogP contribution in [0.15, 0.2) is 40.4 Å². The van der Waals surface area contributed by atoms with E-state index < -0.39 is 11.5 Å². The molecular formula is C28H47NO5S. The monoisotopic (exact) mass is 509 g/mol. The van der Waals surface area contributed by atoms with Crippen LogP contribution in [0.25, 0.3) is 0 Å². The zero-order valence-electron chi connectivity index (χ0n) is 23.0. The van der Waals surface area contributed by atoms with Crippen LogP contribution in [0.3, 0.4) is 0 Å². The van der Waals surface area contributed by atoms with Crippen molar-refractivity contribution >= 4 is 36.0 Å². The van der Waals surface area contributed by atoms with Gasteiger partial charge in [-0.05, 0) is 57.3 Å². The van der Waals surface area contributed by atoms with Crippen molar-refractivity contribution in [3.05, 3.63) is 35.4 Å². The van der Waals surface area contributed by atoms with Crippen LogP contribution in [-0.2, 0) is 19.1 Å². The van der Waals surface area contributed by atoms with Gasteiger partial charge in [0.15, 0.2) is 0 Å². The molecule has 0 amide bonds. The first kappa shape index (κ1) is 35.2. The number of aliphatic imine (C=N–C) groups is 1. The summed E-state index contributed by atoms with van der Waals surface area (Å²) >= 11 is 1.66. The van der Waals surface area contributed by atoms with Crippen molar-refractivity contribution in [1.82, 2.24) is 0 Å². The van der Waals surface area contributed by atoms with E-state index in [0.717, 1.165) is 5.70 Å². The fourth-order valence-corrected chi connectivity index (χ4v) is 3.90. The van der Waals surface area contributed by atoms with Gasteiger partial charge >= 0.3 is 0 Å². The first-order chi connectivity index (χ1) is 16.5. The normalized spacial score (nSPS) is 15.1. The van der Waals surface area contributed by atoms with Crippen LogP contribution in [-0.4, -0.2) is 48.3 Å². The smallest absolute Gasteiger partial charge is 0.293 e. The van der Waals surface area contributed by atoms with Crippen LogP contribution in [0.4, 0.5) is 0 Å². The van der Waals surface area contributed by atoms with E-state index in [4.69, 9.17) is 0 Å². The van der Waals surface area contributed by atoms with E-state index in [0.29, 0.717) is 45.2 Å². The Morgan fingerprint density at radius 1 is 1.11 bits per heavy atom. The Morgan fingerprint density at radius 2 is 1.74 bits per heavy atom. The van der Waals surface area contributed by atoms with Crippen molar-refractivity contribution in [2.24, 2.45) is 22.2 Å². The van der Waals surface area contributed by atoms with Crippen molar-refractivity contribution in [1.29, 1.82) is 0 Å². The highest BCUT2D eigenvalue weighted by atomic mass is 32.2. The Balaban J connectivity index is 0. The van der Waals surface area contributed by atoms with Crippen molar-refractivity contribution in [3.8, 4) is 0 Å². The maximum Gasteiger partial charge on any atom is 0.293 e. The number of ketones is 2. The minimum absolute atomic E-state index is 0.0107. The number of aliphatic hydroxyl groups excluding tert-OH is 1. The zero-order chi connectivity index (χ0) is 27.3. The van der Waals surface area contributed by atoms with Gasteiger partial charge in [0.05, 0.1) is 18.4 Å². The Labute approximate surface area is 217 Å². The molecule has 0 spiro atoms. The van der Waals surface area contributed by atoms with E-state index in [-0.39, 0.29) is 23.4 Å². The summed E-state index contributed by atoms with van der Waals surface area (Å²) in [5.74, 6) is -0.287. The summed E-state index contributed by atoms with van der Waals surface area (Å²) in [4.78, 5) is 38.9. The third-order valence-electron chi connectivity index (χ3n) is 5.61. The quantitative estimate of drug-likeness (QED) is 0.0808. The van der Waals surface area contributed by atoms with Gasteiger partial charge in [0.1, 0.15) is 11.6 Å². The largest absolute Gasteiger partial charge is 0.468 e. The molecule has 0 aliphatic heterocycles. The van der Waals surface area contributed by atoms with Crippen LogP contribution < -0.4 is 0 Å². The molecule has 0 fully saturated rings. The standard InChI is InChI=1S/C20H34O5.C8H13NS/c1-6-18(23)20(4,5)19(24)16(3)13-15(2)17(22)11-9-7-8-10-12-25-14-21;1-4-6-8(7-10-3)9-5-2/h7-8,14-16,18,23H,6,9-13H2,1-5H3;4-7H,1-3H3/b8-7-;6-4-,8-7-,9-5?. The minimum atomic E-state index is -0.788. The number of Topliss-reactive ketones (excluding diaryl/α,β-unsaturated/α-hetero) is 2. The average Bonchev–Trinajstić information content (AvgIpc) is 2.83. The lowest BCUT2D eigenvalue weighted by Gasteiger charge is -2.31. The molecule has 0 aliphatic rings. The summed E-state index contributed by atoms with van der Waals surface area (Å²) in [6, 6.07) is 0.